The smallest absolute Gasteiger partial charge is 0.233 e. The number of amides is 1. The molecular formula is C22H23N5O4S2. The maximum atomic E-state index is 12.1. The number of anilines is 3. The summed E-state index contributed by atoms with van der Waals surface area (Å²) in [6, 6.07) is 10.6. The largest absolute Gasteiger partial charge is 0.506 e. The Morgan fingerprint density at radius 1 is 1.27 bits per heavy atom. The number of nitrogens with two attached hydrogens (primary N) is 1. The number of carbonyl (C=O) groups excluding carboxylic acids is 1. The van der Waals surface area contributed by atoms with Crippen molar-refractivity contribution in [2.24, 2.45) is 0 Å². The molecule has 0 bridgehead atoms. The van der Waals surface area contributed by atoms with Gasteiger partial charge in [-0.15, -0.1) is 0 Å². The van der Waals surface area contributed by atoms with Crippen molar-refractivity contribution in [2.45, 2.75) is 12.8 Å². The molecule has 3 rings (SSSR count). The highest BCUT2D eigenvalue weighted by Crippen LogP contribution is 2.31. The van der Waals surface area contributed by atoms with Crippen molar-refractivity contribution < 1.29 is 18.3 Å². The molecule has 0 aliphatic rings. The van der Waals surface area contributed by atoms with E-state index in [1.165, 1.54) is 11.3 Å². The van der Waals surface area contributed by atoms with Crippen LogP contribution >= 0.6 is 11.3 Å². The molecule has 6 N–H and O–H groups in total. The van der Waals surface area contributed by atoms with E-state index in [-0.39, 0.29) is 24.6 Å². The Morgan fingerprint density at radius 3 is 2.85 bits per heavy atom. The van der Waals surface area contributed by atoms with Gasteiger partial charge in [-0.2, -0.15) is 0 Å². The van der Waals surface area contributed by atoms with E-state index in [0.717, 1.165) is 15.8 Å². The van der Waals surface area contributed by atoms with Crippen LogP contribution < -0.4 is 21.1 Å². The summed E-state index contributed by atoms with van der Waals surface area (Å²) in [5.74, 6) is 5.80. The van der Waals surface area contributed by atoms with Gasteiger partial charge in [0, 0.05) is 35.3 Å². The Kier molecular flexibility index (Phi) is 7.89. The number of rotatable bonds is 9. The monoisotopic (exact) mass is 485 g/mol. The van der Waals surface area contributed by atoms with Crippen molar-refractivity contribution in [2.75, 3.05) is 29.5 Å². The molecule has 0 saturated heterocycles. The SMILES string of the molecule is C=CS(=O)(=O)NCCCC(=O)Nc1cccc(NCC#Cc2cc(O)c3nc(N)sc3c2)c1. The number of nitrogens with one attached hydrogen (secondary N) is 3. The Morgan fingerprint density at radius 2 is 2.06 bits per heavy atom. The molecule has 3 aromatic rings. The number of nitrogen functional groups attached to an aromatic ring is 1. The topological polar surface area (TPSA) is 146 Å². The Hall–Kier alpha value is -3.59. The first-order chi connectivity index (χ1) is 15.8. The van der Waals surface area contributed by atoms with Gasteiger partial charge in [0.1, 0.15) is 11.3 Å². The lowest BCUT2D eigenvalue weighted by Crippen LogP contribution is -2.23. The first kappa shape index (κ1) is 24.1. The van der Waals surface area contributed by atoms with Gasteiger partial charge in [0.15, 0.2) is 5.13 Å². The van der Waals surface area contributed by atoms with E-state index < -0.39 is 10.0 Å². The van der Waals surface area contributed by atoms with E-state index in [4.69, 9.17) is 5.73 Å². The van der Waals surface area contributed by atoms with Gasteiger partial charge < -0.3 is 21.5 Å². The molecule has 11 heteroatoms. The van der Waals surface area contributed by atoms with Gasteiger partial charge in [0.05, 0.1) is 11.2 Å². The van der Waals surface area contributed by atoms with Crippen molar-refractivity contribution in [3.63, 3.8) is 0 Å². The number of aromatic hydroxyl groups is 1. The lowest BCUT2D eigenvalue weighted by Gasteiger charge is -2.08. The molecule has 33 heavy (non-hydrogen) atoms. The number of fused-ring (bicyclic) bond motifs is 1. The minimum absolute atomic E-state index is 0.0410. The van der Waals surface area contributed by atoms with Gasteiger partial charge in [-0.1, -0.05) is 35.8 Å². The second kappa shape index (κ2) is 10.8. The molecular weight excluding hydrogens is 462 g/mol. The molecule has 2 aromatic carbocycles. The molecule has 0 radical (unpaired) electrons. The zero-order valence-corrected chi connectivity index (χ0v) is 19.2. The maximum absolute atomic E-state index is 12.1. The molecule has 0 fully saturated rings. The summed E-state index contributed by atoms with van der Waals surface area (Å²) < 4.78 is 25.6. The number of hydrogen-bond donors (Lipinski definition) is 5. The van der Waals surface area contributed by atoms with Crippen LogP contribution in [0, 0.1) is 11.8 Å². The van der Waals surface area contributed by atoms with Crippen molar-refractivity contribution in [1.82, 2.24) is 9.71 Å². The van der Waals surface area contributed by atoms with Crippen molar-refractivity contribution in [3.8, 4) is 17.6 Å². The average Bonchev–Trinajstić information content (AvgIpc) is 3.15. The molecule has 1 amide bonds. The van der Waals surface area contributed by atoms with Gasteiger partial charge in [0.2, 0.25) is 15.9 Å². The third-order valence-electron chi connectivity index (χ3n) is 4.35. The normalized spacial score (nSPS) is 10.9. The lowest BCUT2D eigenvalue weighted by atomic mass is 10.2. The summed E-state index contributed by atoms with van der Waals surface area (Å²) in [7, 11) is -3.48. The molecule has 1 aromatic heterocycles. The molecule has 0 spiro atoms. The number of carbonyl (C=O) groups is 1. The fourth-order valence-corrected chi connectivity index (χ4v) is 4.19. The van der Waals surface area contributed by atoms with Gasteiger partial charge in [-0.3, -0.25) is 4.79 Å². The molecule has 1 heterocycles. The van der Waals surface area contributed by atoms with Crippen LogP contribution in [0.1, 0.15) is 18.4 Å². The first-order valence-corrected chi connectivity index (χ1v) is 12.3. The lowest BCUT2D eigenvalue weighted by molar-refractivity contribution is -0.116. The van der Waals surface area contributed by atoms with Crippen LogP contribution in [-0.2, 0) is 14.8 Å². The molecule has 0 saturated carbocycles. The van der Waals surface area contributed by atoms with E-state index in [0.29, 0.717) is 34.9 Å². The number of phenols is 1. The number of thiazole rings is 1. The maximum Gasteiger partial charge on any atom is 0.233 e. The third kappa shape index (κ3) is 7.21. The second-order valence-electron chi connectivity index (χ2n) is 6.89. The summed E-state index contributed by atoms with van der Waals surface area (Å²) in [5, 5.41) is 17.2. The average molecular weight is 486 g/mol. The summed E-state index contributed by atoms with van der Waals surface area (Å²) in [6.07, 6.45) is 0.535. The molecule has 0 aliphatic carbocycles. The molecule has 172 valence electrons. The minimum Gasteiger partial charge on any atom is -0.506 e. The summed E-state index contributed by atoms with van der Waals surface area (Å²) in [4.78, 5) is 16.2. The zero-order valence-electron chi connectivity index (χ0n) is 17.6. The van der Waals surface area contributed by atoms with Crippen LogP contribution in [0.25, 0.3) is 10.2 Å². The van der Waals surface area contributed by atoms with Gasteiger partial charge in [-0.25, -0.2) is 18.1 Å². The van der Waals surface area contributed by atoms with E-state index >= 15 is 0 Å². The molecule has 0 aliphatic heterocycles. The highest BCUT2D eigenvalue weighted by molar-refractivity contribution is 7.92. The van der Waals surface area contributed by atoms with E-state index in [9.17, 15) is 18.3 Å². The number of hydrogen-bond acceptors (Lipinski definition) is 8. The highest BCUT2D eigenvalue weighted by atomic mass is 32.2. The first-order valence-electron chi connectivity index (χ1n) is 9.89. The summed E-state index contributed by atoms with van der Waals surface area (Å²) in [6.45, 7) is 3.71. The zero-order chi connectivity index (χ0) is 23.8. The molecule has 0 atom stereocenters. The highest BCUT2D eigenvalue weighted by Gasteiger charge is 2.08. The Labute approximate surface area is 195 Å². The number of phenolic OH excluding ortho intramolecular Hbond substituents is 1. The molecule has 0 unspecified atom stereocenters. The van der Waals surface area contributed by atoms with Crippen LogP contribution in [0.4, 0.5) is 16.5 Å². The van der Waals surface area contributed by atoms with Crippen molar-refractivity contribution >= 4 is 54.0 Å². The van der Waals surface area contributed by atoms with Crippen molar-refractivity contribution in [3.05, 3.63) is 53.9 Å². The summed E-state index contributed by atoms with van der Waals surface area (Å²) in [5.41, 5.74) is 8.20. The predicted molar refractivity (Wildman–Crippen MR) is 132 cm³/mol. The summed E-state index contributed by atoms with van der Waals surface area (Å²) >= 11 is 1.29. The predicted octanol–water partition coefficient (Wildman–Crippen LogP) is 2.83. The second-order valence-corrected chi connectivity index (χ2v) is 9.66. The van der Waals surface area contributed by atoms with Crippen LogP contribution in [0.15, 0.2) is 48.4 Å². The van der Waals surface area contributed by atoms with Crippen molar-refractivity contribution in [1.29, 1.82) is 0 Å². The number of nitrogens with zero attached hydrogens (tertiary/aromatic N) is 1. The Balaban J connectivity index is 1.50. The number of benzene rings is 2. The van der Waals surface area contributed by atoms with Crippen LogP contribution in [0.3, 0.4) is 0 Å². The fourth-order valence-electron chi connectivity index (χ4n) is 2.85. The van der Waals surface area contributed by atoms with Crippen LogP contribution in [-0.4, -0.2) is 37.5 Å². The van der Waals surface area contributed by atoms with E-state index in [1.807, 2.05) is 12.1 Å². The standard InChI is InChI=1S/C22H23N5O4S2/c1-2-33(30,31)25-11-5-9-20(29)26-17-8-3-7-16(14-17)24-10-4-6-15-12-18(28)21-19(13-15)32-22(23)27-21/h2-3,7-8,12-14,24-25,28H,1,5,9-11H2,(H2,23,27)(H,26,29). The third-order valence-corrected chi connectivity index (χ3v) is 6.23. The van der Waals surface area contributed by atoms with E-state index in [1.54, 1.807) is 24.3 Å². The van der Waals surface area contributed by atoms with Gasteiger partial charge in [0.25, 0.3) is 0 Å². The number of aromatic nitrogens is 1. The Bertz CT molecular complexity index is 1340. The van der Waals surface area contributed by atoms with Crippen LogP contribution in [0.5, 0.6) is 5.75 Å². The quantitative estimate of drug-likeness (QED) is 0.231. The molecule has 9 nitrogen and oxygen atoms in total. The van der Waals surface area contributed by atoms with Gasteiger partial charge in [-0.05, 0) is 36.8 Å². The van der Waals surface area contributed by atoms with Gasteiger partial charge >= 0.3 is 0 Å². The van der Waals surface area contributed by atoms with E-state index in [2.05, 4.69) is 38.8 Å². The fraction of sp³-hybridized carbons (Fsp3) is 0.182. The van der Waals surface area contributed by atoms with Crippen LogP contribution in [0.2, 0.25) is 0 Å². The minimum atomic E-state index is -3.48. The number of sulfonamides is 1.